The molecule has 0 saturated heterocycles. The highest BCUT2D eigenvalue weighted by Crippen LogP contribution is 2.35. The molecule has 2 aliphatic rings. The van der Waals surface area contributed by atoms with Crippen LogP contribution in [-0.2, 0) is 6.54 Å². The lowest BCUT2D eigenvalue weighted by molar-refractivity contribution is 0.229. The first-order valence-electron chi connectivity index (χ1n) is 6.56. The number of aliphatic hydroxyl groups is 1. The SMILES string of the molecule is OCC1(NCc2ccc3c(c2)OCCCO3)CC1. The van der Waals surface area contributed by atoms with Gasteiger partial charge in [-0.25, -0.2) is 0 Å². The number of rotatable bonds is 4. The molecule has 4 heteroatoms. The Labute approximate surface area is 107 Å². The lowest BCUT2D eigenvalue weighted by Gasteiger charge is -2.15. The van der Waals surface area contributed by atoms with E-state index in [4.69, 9.17) is 9.47 Å². The van der Waals surface area contributed by atoms with Crippen LogP contribution in [0.5, 0.6) is 11.5 Å². The fraction of sp³-hybridized carbons (Fsp3) is 0.571. The molecule has 0 bridgehead atoms. The number of aliphatic hydroxyl groups excluding tert-OH is 1. The van der Waals surface area contributed by atoms with Gasteiger partial charge in [-0.2, -0.15) is 0 Å². The predicted octanol–water partition coefficient (Wildman–Crippen LogP) is 1.46. The van der Waals surface area contributed by atoms with Gasteiger partial charge < -0.3 is 19.9 Å². The third-order valence-corrected chi connectivity index (χ3v) is 3.64. The van der Waals surface area contributed by atoms with E-state index in [9.17, 15) is 5.11 Å². The van der Waals surface area contributed by atoms with Gasteiger partial charge in [0.15, 0.2) is 11.5 Å². The molecule has 0 aromatic heterocycles. The van der Waals surface area contributed by atoms with Crippen molar-refractivity contribution in [3.05, 3.63) is 23.8 Å². The van der Waals surface area contributed by atoms with E-state index in [2.05, 4.69) is 5.32 Å². The predicted molar refractivity (Wildman–Crippen MR) is 67.9 cm³/mol. The van der Waals surface area contributed by atoms with Crippen LogP contribution in [0.3, 0.4) is 0 Å². The van der Waals surface area contributed by atoms with Crippen LogP contribution >= 0.6 is 0 Å². The Morgan fingerprint density at radius 2 is 1.94 bits per heavy atom. The fourth-order valence-corrected chi connectivity index (χ4v) is 2.15. The molecule has 1 fully saturated rings. The van der Waals surface area contributed by atoms with E-state index in [1.165, 1.54) is 5.56 Å². The van der Waals surface area contributed by atoms with E-state index >= 15 is 0 Å². The molecule has 0 spiro atoms. The van der Waals surface area contributed by atoms with Crippen molar-refractivity contribution >= 4 is 0 Å². The standard InChI is InChI=1S/C14H19NO3/c16-10-14(4-5-14)15-9-11-2-3-12-13(8-11)18-7-1-6-17-12/h2-3,8,15-16H,1,4-7,9-10H2. The second-order valence-corrected chi connectivity index (χ2v) is 5.12. The van der Waals surface area contributed by atoms with Gasteiger partial charge in [0.25, 0.3) is 0 Å². The maximum atomic E-state index is 9.26. The summed E-state index contributed by atoms with van der Waals surface area (Å²) in [6, 6.07) is 6.05. The second-order valence-electron chi connectivity index (χ2n) is 5.12. The molecule has 0 radical (unpaired) electrons. The maximum Gasteiger partial charge on any atom is 0.161 e. The summed E-state index contributed by atoms with van der Waals surface area (Å²) in [4.78, 5) is 0. The molecule has 0 unspecified atom stereocenters. The van der Waals surface area contributed by atoms with E-state index in [1.54, 1.807) is 0 Å². The van der Waals surface area contributed by atoms with Crippen molar-refractivity contribution in [2.75, 3.05) is 19.8 Å². The first-order valence-corrected chi connectivity index (χ1v) is 6.56. The Bertz CT molecular complexity index is 429. The van der Waals surface area contributed by atoms with Gasteiger partial charge in [-0.05, 0) is 30.5 Å². The van der Waals surface area contributed by atoms with Gasteiger partial charge in [0.2, 0.25) is 0 Å². The largest absolute Gasteiger partial charge is 0.490 e. The zero-order valence-electron chi connectivity index (χ0n) is 10.4. The molecule has 1 saturated carbocycles. The molecule has 0 atom stereocenters. The molecule has 18 heavy (non-hydrogen) atoms. The maximum absolute atomic E-state index is 9.26. The number of fused-ring (bicyclic) bond motifs is 1. The Hall–Kier alpha value is -1.26. The van der Waals surface area contributed by atoms with Crippen molar-refractivity contribution in [3.8, 4) is 11.5 Å². The van der Waals surface area contributed by atoms with Gasteiger partial charge in [-0.1, -0.05) is 6.07 Å². The van der Waals surface area contributed by atoms with Crippen LogP contribution in [0.4, 0.5) is 0 Å². The quantitative estimate of drug-likeness (QED) is 0.848. The third-order valence-electron chi connectivity index (χ3n) is 3.64. The first kappa shape index (κ1) is 11.8. The monoisotopic (exact) mass is 249 g/mol. The molecule has 4 nitrogen and oxygen atoms in total. The molecule has 1 aliphatic heterocycles. The van der Waals surface area contributed by atoms with Crippen LogP contribution in [0.25, 0.3) is 0 Å². The van der Waals surface area contributed by atoms with Gasteiger partial charge in [-0.3, -0.25) is 0 Å². The summed E-state index contributed by atoms with van der Waals surface area (Å²) in [5.41, 5.74) is 1.14. The minimum Gasteiger partial charge on any atom is -0.490 e. The summed E-state index contributed by atoms with van der Waals surface area (Å²) in [5, 5.41) is 12.7. The van der Waals surface area contributed by atoms with Gasteiger partial charge in [0.1, 0.15) is 0 Å². The lowest BCUT2D eigenvalue weighted by atomic mass is 10.2. The van der Waals surface area contributed by atoms with Crippen molar-refractivity contribution in [2.45, 2.75) is 31.3 Å². The van der Waals surface area contributed by atoms with Gasteiger partial charge in [0, 0.05) is 18.5 Å². The van der Waals surface area contributed by atoms with Crippen molar-refractivity contribution in [2.24, 2.45) is 0 Å². The number of benzene rings is 1. The molecule has 1 aromatic carbocycles. The summed E-state index contributed by atoms with van der Waals surface area (Å²) in [5.74, 6) is 1.67. The highest BCUT2D eigenvalue weighted by molar-refractivity contribution is 5.43. The van der Waals surface area contributed by atoms with E-state index < -0.39 is 0 Å². The molecule has 1 heterocycles. The van der Waals surface area contributed by atoms with E-state index in [1.807, 2.05) is 18.2 Å². The van der Waals surface area contributed by atoms with Crippen molar-refractivity contribution < 1.29 is 14.6 Å². The van der Waals surface area contributed by atoms with E-state index in [-0.39, 0.29) is 12.1 Å². The minimum absolute atomic E-state index is 0.0237. The molecule has 1 aromatic rings. The highest BCUT2D eigenvalue weighted by atomic mass is 16.5. The van der Waals surface area contributed by atoms with Crippen LogP contribution < -0.4 is 14.8 Å². The lowest BCUT2D eigenvalue weighted by Crippen LogP contribution is -2.34. The Kier molecular flexibility index (Phi) is 3.14. The average molecular weight is 249 g/mol. The van der Waals surface area contributed by atoms with E-state index in [0.29, 0.717) is 6.61 Å². The van der Waals surface area contributed by atoms with Crippen molar-refractivity contribution in [3.63, 3.8) is 0 Å². The highest BCUT2D eigenvalue weighted by Gasteiger charge is 2.41. The molecule has 98 valence electrons. The fourth-order valence-electron chi connectivity index (χ4n) is 2.15. The Morgan fingerprint density at radius 3 is 2.67 bits per heavy atom. The number of hydrogen-bond acceptors (Lipinski definition) is 4. The van der Waals surface area contributed by atoms with Crippen LogP contribution in [-0.4, -0.2) is 30.5 Å². The zero-order chi connectivity index (χ0) is 12.4. The molecular weight excluding hydrogens is 230 g/mol. The number of ether oxygens (including phenoxy) is 2. The normalized spacial score (nSPS) is 20.3. The molecule has 1 aliphatic carbocycles. The molecule has 2 N–H and O–H groups in total. The van der Waals surface area contributed by atoms with Gasteiger partial charge >= 0.3 is 0 Å². The number of nitrogens with one attached hydrogen (secondary N) is 1. The van der Waals surface area contributed by atoms with E-state index in [0.717, 1.165) is 43.9 Å². The topological polar surface area (TPSA) is 50.7 Å². The third kappa shape index (κ3) is 2.44. The number of hydrogen-bond donors (Lipinski definition) is 2. The van der Waals surface area contributed by atoms with Gasteiger partial charge in [-0.15, -0.1) is 0 Å². The summed E-state index contributed by atoms with van der Waals surface area (Å²) < 4.78 is 11.3. The molecular formula is C14H19NO3. The van der Waals surface area contributed by atoms with Crippen molar-refractivity contribution in [1.82, 2.24) is 5.32 Å². The van der Waals surface area contributed by atoms with Crippen molar-refractivity contribution in [1.29, 1.82) is 0 Å². The average Bonchev–Trinajstić information content (AvgIpc) is 3.20. The summed E-state index contributed by atoms with van der Waals surface area (Å²) in [6.07, 6.45) is 3.05. The molecule has 0 amide bonds. The Balaban J connectivity index is 1.68. The van der Waals surface area contributed by atoms with Gasteiger partial charge in [0.05, 0.1) is 19.8 Å². The van der Waals surface area contributed by atoms with Crippen LogP contribution in [0, 0.1) is 0 Å². The smallest absolute Gasteiger partial charge is 0.161 e. The summed E-state index contributed by atoms with van der Waals surface area (Å²) in [6.45, 7) is 2.41. The summed E-state index contributed by atoms with van der Waals surface area (Å²) >= 11 is 0. The van der Waals surface area contributed by atoms with Crippen LogP contribution in [0.15, 0.2) is 18.2 Å². The zero-order valence-corrected chi connectivity index (χ0v) is 10.4. The Morgan fingerprint density at radius 1 is 1.17 bits per heavy atom. The first-order chi connectivity index (χ1) is 8.81. The molecule has 3 rings (SSSR count). The second kappa shape index (κ2) is 4.78. The summed E-state index contributed by atoms with van der Waals surface area (Å²) in [7, 11) is 0. The van der Waals surface area contributed by atoms with Crippen LogP contribution in [0.1, 0.15) is 24.8 Å². The van der Waals surface area contributed by atoms with Crippen LogP contribution in [0.2, 0.25) is 0 Å². The minimum atomic E-state index is -0.0237.